The van der Waals surface area contributed by atoms with E-state index in [1.165, 1.54) is 0 Å². The Bertz CT molecular complexity index is 630. The molecule has 0 amide bonds. The van der Waals surface area contributed by atoms with Crippen LogP contribution in [-0.4, -0.2) is 21.7 Å². The van der Waals surface area contributed by atoms with Gasteiger partial charge in [-0.1, -0.05) is 29.4 Å². The van der Waals surface area contributed by atoms with Gasteiger partial charge >= 0.3 is 6.01 Å². The summed E-state index contributed by atoms with van der Waals surface area (Å²) in [5.74, 6) is 0. The highest BCUT2D eigenvalue weighted by Gasteiger charge is 2.07. The Hall–Kier alpha value is -2.10. The van der Waals surface area contributed by atoms with Crippen molar-refractivity contribution in [3.05, 3.63) is 36.5 Å². The van der Waals surface area contributed by atoms with E-state index in [2.05, 4.69) is 16.3 Å². The first-order valence-corrected chi connectivity index (χ1v) is 4.66. The Morgan fingerprint density at radius 3 is 2.87 bits per heavy atom. The highest BCUT2D eigenvalue weighted by atomic mass is 16.5. The Kier molecular flexibility index (Phi) is 1.62. The summed E-state index contributed by atoms with van der Waals surface area (Å²) in [4.78, 5) is 0. The van der Waals surface area contributed by atoms with Crippen molar-refractivity contribution in [1.82, 2.24) is 14.6 Å². The number of aromatic nitrogens is 3. The van der Waals surface area contributed by atoms with E-state index in [1.54, 1.807) is 7.11 Å². The molecule has 0 fully saturated rings. The van der Waals surface area contributed by atoms with Crippen LogP contribution in [0, 0.1) is 0 Å². The Morgan fingerprint density at radius 2 is 2.00 bits per heavy atom. The van der Waals surface area contributed by atoms with Gasteiger partial charge in [0.15, 0.2) is 5.65 Å². The van der Waals surface area contributed by atoms with E-state index in [1.807, 2.05) is 34.9 Å². The van der Waals surface area contributed by atoms with Crippen molar-refractivity contribution < 1.29 is 4.74 Å². The first-order chi connectivity index (χ1) is 7.40. The lowest BCUT2D eigenvalue weighted by atomic mass is 10.2. The van der Waals surface area contributed by atoms with Crippen molar-refractivity contribution in [2.24, 2.45) is 0 Å². The second kappa shape index (κ2) is 2.95. The number of ether oxygens (including phenoxy) is 1. The molecule has 3 aromatic rings. The molecule has 0 N–H and O–H groups in total. The van der Waals surface area contributed by atoms with E-state index in [-0.39, 0.29) is 0 Å². The Balaban J connectivity index is 2.50. The zero-order chi connectivity index (χ0) is 10.3. The smallest absolute Gasteiger partial charge is 0.321 e. The number of methoxy groups -OCH3 is 1. The summed E-state index contributed by atoms with van der Waals surface area (Å²) in [5, 5.41) is 10.3. The van der Waals surface area contributed by atoms with Gasteiger partial charge in [0.25, 0.3) is 0 Å². The van der Waals surface area contributed by atoms with Crippen LogP contribution in [0.2, 0.25) is 0 Å². The third kappa shape index (κ3) is 1.08. The summed E-state index contributed by atoms with van der Waals surface area (Å²) >= 11 is 0. The van der Waals surface area contributed by atoms with E-state index in [4.69, 9.17) is 4.74 Å². The zero-order valence-electron chi connectivity index (χ0n) is 8.21. The van der Waals surface area contributed by atoms with E-state index in [9.17, 15) is 0 Å². The summed E-state index contributed by atoms with van der Waals surface area (Å²) < 4.78 is 6.94. The molecule has 0 radical (unpaired) electrons. The van der Waals surface area contributed by atoms with Crippen LogP contribution in [0.3, 0.4) is 0 Å². The molecule has 0 aliphatic heterocycles. The molecule has 0 atom stereocenters. The number of rotatable bonds is 1. The minimum Gasteiger partial charge on any atom is -0.467 e. The fraction of sp³-hybridized carbons (Fsp3) is 0.0909. The average molecular weight is 199 g/mol. The number of pyridine rings is 1. The second-order valence-electron chi connectivity index (χ2n) is 3.28. The van der Waals surface area contributed by atoms with Crippen LogP contribution >= 0.6 is 0 Å². The molecule has 0 bridgehead atoms. The van der Waals surface area contributed by atoms with Crippen LogP contribution in [0.25, 0.3) is 16.4 Å². The highest BCUT2D eigenvalue weighted by molar-refractivity contribution is 5.93. The molecule has 4 heteroatoms. The van der Waals surface area contributed by atoms with Crippen molar-refractivity contribution in [1.29, 1.82) is 0 Å². The molecule has 3 rings (SSSR count). The second-order valence-corrected chi connectivity index (χ2v) is 3.28. The van der Waals surface area contributed by atoms with Gasteiger partial charge in [-0.15, -0.1) is 5.10 Å². The molecule has 15 heavy (non-hydrogen) atoms. The number of fused-ring (bicyclic) bond motifs is 3. The molecular formula is C11H9N3O. The van der Waals surface area contributed by atoms with Crippen molar-refractivity contribution in [3.63, 3.8) is 0 Å². The fourth-order valence-electron chi connectivity index (χ4n) is 1.74. The quantitative estimate of drug-likeness (QED) is 0.600. The van der Waals surface area contributed by atoms with Gasteiger partial charge in [-0.25, -0.2) is 0 Å². The molecule has 0 saturated heterocycles. The number of nitrogens with zero attached hydrogens (tertiary/aromatic N) is 3. The van der Waals surface area contributed by atoms with Crippen LogP contribution < -0.4 is 4.74 Å². The van der Waals surface area contributed by atoms with Gasteiger partial charge in [-0.3, -0.25) is 4.40 Å². The monoisotopic (exact) mass is 199 g/mol. The van der Waals surface area contributed by atoms with E-state index in [0.29, 0.717) is 6.01 Å². The Morgan fingerprint density at radius 1 is 1.13 bits per heavy atom. The third-order valence-corrected chi connectivity index (χ3v) is 2.45. The maximum atomic E-state index is 5.11. The molecular weight excluding hydrogens is 190 g/mol. The van der Waals surface area contributed by atoms with Gasteiger partial charge in [0.05, 0.1) is 7.11 Å². The summed E-state index contributed by atoms with van der Waals surface area (Å²) in [6.07, 6.45) is 1.91. The van der Waals surface area contributed by atoms with E-state index >= 15 is 0 Å². The Labute approximate surface area is 86.1 Å². The SMILES string of the molecule is COc1nnc2c3ccccc3ccn12. The van der Waals surface area contributed by atoms with Gasteiger partial charge in [0.1, 0.15) is 0 Å². The molecule has 2 heterocycles. The topological polar surface area (TPSA) is 39.4 Å². The maximum Gasteiger partial charge on any atom is 0.321 e. The first kappa shape index (κ1) is 8.23. The van der Waals surface area contributed by atoms with E-state index in [0.717, 1.165) is 16.4 Å². The average Bonchev–Trinajstić information content (AvgIpc) is 2.72. The van der Waals surface area contributed by atoms with Gasteiger partial charge in [-0.05, 0) is 11.5 Å². The molecule has 4 nitrogen and oxygen atoms in total. The van der Waals surface area contributed by atoms with Crippen molar-refractivity contribution >= 4 is 16.4 Å². The van der Waals surface area contributed by atoms with Crippen LogP contribution in [0.15, 0.2) is 36.5 Å². The van der Waals surface area contributed by atoms with Crippen LogP contribution in [0.4, 0.5) is 0 Å². The summed E-state index contributed by atoms with van der Waals surface area (Å²) in [6.45, 7) is 0. The van der Waals surface area contributed by atoms with E-state index < -0.39 is 0 Å². The van der Waals surface area contributed by atoms with Gasteiger partial charge in [0.2, 0.25) is 0 Å². The molecule has 2 aromatic heterocycles. The van der Waals surface area contributed by atoms with Crippen LogP contribution in [-0.2, 0) is 0 Å². The lowest BCUT2D eigenvalue weighted by molar-refractivity contribution is 0.375. The largest absolute Gasteiger partial charge is 0.467 e. The van der Waals surface area contributed by atoms with Gasteiger partial charge in [0, 0.05) is 11.6 Å². The summed E-state index contributed by atoms with van der Waals surface area (Å²) in [5.41, 5.74) is 0.824. The maximum absolute atomic E-state index is 5.11. The van der Waals surface area contributed by atoms with Crippen LogP contribution in [0.5, 0.6) is 6.01 Å². The summed E-state index contributed by atoms with van der Waals surface area (Å²) in [7, 11) is 1.59. The van der Waals surface area contributed by atoms with Crippen molar-refractivity contribution in [2.75, 3.05) is 7.11 Å². The van der Waals surface area contributed by atoms with Crippen LogP contribution in [0.1, 0.15) is 0 Å². The van der Waals surface area contributed by atoms with Gasteiger partial charge in [-0.2, -0.15) is 0 Å². The van der Waals surface area contributed by atoms with Crippen molar-refractivity contribution in [2.45, 2.75) is 0 Å². The standard InChI is InChI=1S/C11H9N3O/c1-15-11-13-12-10-9-5-3-2-4-8(9)6-7-14(10)11/h2-7H,1H3. The first-order valence-electron chi connectivity index (χ1n) is 4.66. The minimum atomic E-state index is 0.510. The fourth-order valence-corrected chi connectivity index (χ4v) is 1.74. The summed E-state index contributed by atoms with van der Waals surface area (Å²) in [6, 6.07) is 10.6. The van der Waals surface area contributed by atoms with Crippen molar-refractivity contribution in [3.8, 4) is 6.01 Å². The number of benzene rings is 1. The predicted octanol–water partition coefficient (Wildman–Crippen LogP) is 1.89. The predicted molar refractivity (Wildman–Crippen MR) is 57.0 cm³/mol. The molecule has 0 spiro atoms. The minimum absolute atomic E-state index is 0.510. The normalized spacial score (nSPS) is 11.0. The molecule has 0 saturated carbocycles. The zero-order valence-corrected chi connectivity index (χ0v) is 8.21. The lowest BCUT2D eigenvalue weighted by Gasteiger charge is -2.00. The molecule has 1 aromatic carbocycles. The molecule has 0 unspecified atom stereocenters. The number of hydrogen-bond donors (Lipinski definition) is 0. The lowest BCUT2D eigenvalue weighted by Crippen LogP contribution is -1.91. The number of hydrogen-bond acceptors (Lipinski definition) is 3. The van der Waals surface area contributed by atoms with Gasteiger partial charge < -0.3 is 4.74 Å². The molecule has 0 aliphatic carbocycles. The molecule has 74 valence electrons. The molecule has 0 aliphatic rings. The highest BCUT2D eigenvalue weighted by Crippen LogP contribution is 2.20. The third-order valence-electron chi connectivity index (χ3n) is 2.45.